The maximum absolute atomic E-state index is 12.1. The molecule has 5 rings (SSSR count). The highest BCUT2D eigenvalue weighted by atomic mass is 16.5. The molecule has 4 heteroatoms. The topological polar surface area (TPSA) is 64.3 Å². The van der Waals surface area contributed by atoms with Crippen LogP contribution in [0, 0.1) is 52.3 Å². The van der Waals surface area contributed by atoms with Crippen LogP contribution in [0.1, 0.15) is 91.4 Å². The van der Waals surface area contributed by atoms with E-state index >= 15 is 0 Å². The smallest absolute Gasteiger partial charge is 0.309 e. The quantitative estimate of drug-likeness (QED) is 0.556. The van der Waals surface area contributed by atoms with Gasteiger partial charge in [0.1, 0.15) is 0 Å². The third-order valence-corrected chi connectivity index (χ3v) is 11.7. The van der Waals surface area contributed by atoms with Crippen LogP contribution >= 0.6 is 0 Å². The van der Waals surface area contributed by atoms with E-state index in [-0.39, 0.29) is 11.9 Å². The maximum atomic E-state index is 12.1. The average Bonchev–Trinajstić information content (AvgIpc) is 3.34. The molecule has 0 aromatic heterocycles. The SMILES string of the molecule is C[C@H](CC1CCOC1=O)[C@H]1CCC2C3CC[C@H]4C[C@@H](NCCN)CC[C@]4(C)C3CC[C@@]21C. The minimum Gasteiger partial charge on any atom is -0.465 e. The van der Waals surface area contributed by atoms with Gasteiger partial charge in [-0.05, 0) is 117 Å². The molecule has 0 radical (unpaired) electrons. The molecule has 4 saturated carbocycles. The lowest BCUT2D eigenvalue weighted by molar-refractivity contribution is -0.142. The average molecular weight is 445 g/mol. The molecule has 4 aliphatic carbocycles. The van der Waals surface area contributed by atoms with Crippen LogP contribution in [0.5, 0.6) is 0 Å². The Hall–Kier alpha value is -0.610. The van der Waals surface area contributed by atoms with Crippen molar-refractivity contribution in [3.05, 3.63) is 0 Å². The number of hydrogen-bond donors (Lipinski definition) is 2. The van der Waals surface area contributed by atoms with Crippen molar-refractivity contribution in [2.45, 2.75) is 97.4 Å². The molecule has 1 heterocycles. The molecule has 5 fully saturated rings. The number of ether oxygens (including phenoxy) is 1. The lowest BCUT2D eigenvalue weighted by Gasteiger charge is -2.61. The largest absolute Gasteiger partial charge is 0.465 e. The number of fused-ring (bicyclic) bond motifs is 5. The summed E-state index contributed by atoms with van der Waals surface area (Å²) < 4.78 is 5.27. The number of carbonyl (C=O) groups is 1. The van der Waals surface area contributed by atoms with Crippen molar-refractivity contribution in [3.8, 4) is 0 Å². The van der Waals surface area contributed by atoms with Crippen LogP contribution in [0.15, 0.2) is 0 Å². The van der Waals surface area contributed by atoms with E-state index in [0.29, 0.717) is 29.4 Å². The standard InChI is InChI=1S/C28H48N2O2/c1-18(16-19-10-15-32-26(19)31)23-6-7-24-22-5-4-20-17-21(30-14-13-29)8-11-27(20,2)25(22)9-12-28(23,24)3/h18-25,30H,4-17,29H2,1-3H3/t18-,19?,20+,21+,22?,23-,24?,25?,27+,28-/m1/s1. The third kappa shape index (κ3) is 3.76. The lowest BCUT2D eigenvalue weighted by atomic mass is 9.44. The lowest BCUT2D eigenvalue weighted by Crippen LogP contribution is -2.55. The number of nitrogens with two attached hydrogens (primary N) is 1. The summed E-state index contributed by atoms with van der Waals surface area (Å²) in [6.07, 6.45) is 14.7. The number of esters is 1. The Kier molecular flexibility index (Phi) is 6.42. The molecule has 5 aliphatic rings. The molecule has 0 aromatic carbocycles. The first-order valence-electron chi connectivity index (χ1n) is 14.0. The normalized spacial score (nSPS) is 49.1. The maximum Gasteiger partial charge on any atom is 0.309 e. The van der Waals surface area contributed by atoms with Crippen LogP contribution in [0.25, 0.3) is 0 Å². The van der Waals surface area contributed by atoms with Crippen molar-refractivity contribution in [1.82, 2.24) is 5.32 Å². The van der Waals surface area contributed by atoms with E-state index in [1.54, 1.807) is 0 Å². The zero-order chi connectivity index (χ0) is 22.5. The number of carbonyl (C=O) groups excluding carboxylic acids is 1. The third-order valence-electron chi connectivity index (χ3n) is 11.7. The van der Waals surface area contributed by atoms with Crippen LogP contribution in [0.3, 0.4) is 0 Å². The number of nitrogens with one attached hydrogen (secondary N) is 1. The predicted octanol–water partition coefficient (Wildman–Crippen LogP) is 5.15. The van der Waals surface area contributed by atoms with Gasteiger partial charge in [0.25, 0.3) is 0 Å². The fourth-order valence-electron chi connectivity index (χ4n) is 10.1. The van der Waals surface area contributed by atoms with Crippen LogP contribution < -0.4 is 11.1 Å². The van der Waals surface area contributed by atoms with E-state index in [4.69, 9.17) is 10.5 Å². The molecule has 3 N–H and O–H groups in total. The van der Waals surface area contributed by atoms with Crippen molar-refractivity contribution in [2.75, 3.05) is 19.7 Å². The second kappa shape index (κ2) is 8.87. The van der Waals surface area contributed by atoms with Crippen LogP contribution in [-0.2, 0) is 9.53 Å². The molecule has 1 saturated heterocycles. The van der Waals surface area contributed by atoms with Gasteiger partial charge < -0.3 is 15.8 Å². The summed E-state index contributed by atoms with van der Waals surface area (Å²) in [6.45, 7) is 10.1. The highest BCUT2D eigenvalue weighted by molar-refractivity contribution is 5.74. The highest BCUT2D eigenvalue weighted by Gasteiger charge is 2.60. The second-order valence-electron chi connectivity index (χ2n) is 13.0. The summed E-state index contributed by atoms with van der Waals surface area (Å²) in [5.74, 6) is 5.38. The fourth-order valence-corrected chi connectivity index (χ4v) is 10.1. The van der Waals surface area contributed by atoms with Crippen molar-refractivity contribution in [1.29, 1.82) is 0 Å². The summed E-state index contributed by atoms with van der Waals surface area (Å²) >= 11 is 0. The molecule has 0 aromatic rings. The molecule has 10 atom stereocenters. The molecule has 182 valence electrons. The molecule has 0 amide bonds. The van der Waals surface area contributed by atoms with Gasteiger partial charge in [0, 0.05) is 19.1 Å². The number of rotatable bonds is 6. The van der Waals surface area contributed by atoms with E-state index in [9.17, 15) is 4.79 Å². The number of cyclic esters (lactones) is 1. The summed E-state index contributed by atoms with van der Waals surface area (Å²) in [5, 5.41) is 3.73. The fraction of sp³-hybridized carbons (Fsp3) is 0.964. The molecule has 4 unspecified atom stereocenters. The molecule has 0 bridgehead atoms. The van der Waals surface area contributed by atoms with Gasteiger partial charge in [-0.3, -0.25) is 4.79 Å². The first-order valence-corrected chi connectivity index (χ1v) is 14.0. The minimum absolute atomic E-state index is 0.0723. The Balaban J connectivity index is 1.27. The molecule has 1 aliphatic heterocycles. The van der Waals surface area contributed by atoms with E-state index < -0.39 is 0 Å². The van der Waals surface area contributed by atoms with Crippen molar-refractivity contribution in [2.24, 2.45) is 58.0 Å². The van der Waals surface area contributed by atoms with Gasteiger partial charge in [-0.2, -0.15) is 0 Å². The zero-order valence-corrected chi connectivity index (χ0v) is 20.9. The summed E-state index contributed by atoms with van der Waals surface area (Å²) in [7, 11) is 0. The Bertz CT molecular complexity index is 697. The van der Waals surface area contributed by atoms with Gasteiger partial charge in [0.2, 0.25) is 0 Å². The summed E-state index contributed by atoms with van der Waals surface area (Å²) in [5.41, 5.74) is 6.80. The van der Waals surface area contributed by atoms with Crippen molar-refractivity contribution in [3.63, 3.8) is 0 Å². The van der Waals surface area contributed by atoms with Crippen LogP contribution in [0.4, 0.5) is 0 Å². The van der Waals surface area contributed by atoms with Crippen LogP contribution in [-0.4, -0.2) is 31.7 Å². The first kappa shape index (κ1) is 23.1. The minimum atomic E-state index is 0.0723. The predicted molar refractivity (Wildman–Crippen MR) is 129 cm³/mol. The Labute approximate surface area is 196 Å². The van der Waals surface area contributed by atoms with Gasteiger partial charge in [-0.1, -0.05) is 20.8 Å². The Morgan fingerprint density at radius 1 is 1.03 bits per heavy atom. The molecular formula is C28H48N2O2. The van der Waals surface area contributed by atoms with Crippen molar-refractivity contribution < 1.29 is 9.53 Å². The second-order valence-corrected chi connectivity index (χ2v) is 13.0. The van der Waals surface area contributed by atoms with E-state index in [1.807, 2.05) is 0 Å². The molecule has 0 spiro atoms. The van der Waals surface area contributed by atoms with Gasteiger partial charge in [-0.25, -0.2) is 0 Å². The molecular weight excluding hydrogens is 396 g/mol. The Morgan fingerprint density at radius 2 is 1.81 bits per heavy atom. The molecule has 32 heavy (non-hydrogen) atoms. The highest BCUT2D eigenvalue weighted by Crippen LogP contribution is 2.68. The van der Waals surface area contributed by atoms with Crippen molar-refractivity contribution >= 4 is 5.97 Å². The number of hydrogen-bond acceptors (Lipinski definition) is 4. The molecule has 4 nitrogen and oxygen atoms in total. The monoisotopic (exact) mass is 444 g/mol. The van der Waals surface area contributed by atoms with E-state index in [2.05, 4.69) is 26.1 Å². The zero-order valence-electron chi connectivity index (χ0n) is 20.9. The summed E-state index contributed by atoms with van der Waals surface area (Å²) in [4.78, 5) is 12.1. The Morgan fingerprint density at radius 3 is 2.56 bits per heavy atom. The van der Waals surface area contributed by atoms with Crippen LogP contribution in [0.2, 0.25) is 0 Å². The van der Waals surface area contributed by atoms with Gasteiger partial charge in [0.05, 0.1) is 12.5 Å². The van der Waals surface area contributed by atoms with Gasteiger partial charge in [0.15, 0.2) is 0 Å². The summed E-state index contributed by atoms with van der Waals surface area (Å²) in [6, 6.07) is 0.695. The van der Waals surface area contributed by atoms with E-state index in [1.165, 1.54) is 57.8 Å². The first-order chi connectivity index (χ1) is 15.4. The van der Waals surface area contributed by atoms with Gasteiger partial charge in [-0.15, -0.1) is 0 Å². The van der Waals surface area contributed by atoms with E-state index in [0.717, 1.165) is 55.5 Å². The van der Waals surface area contributed by atoms with Gasteiger partial charge >= 0.3 is 5.97 Å².